The second-order valence-electron chi connectivity index (χ2n) is 6.51. The van der Waals surface area contributed by atoms with Crippen molar-refractivity contribution >= 4 is 11.7 Å². The van der Waals surface area contributed by atoms with Gasteiger partial charge < -0.3 is 20.1 Å². The maximum absolute atomic E-state index is 12.3. The van der Waals surface area contributed by atoms with Gasteiger partial charge in [0.15, 0.2) is 17.2 Å². The van der Waals surface area contributed by atoms with Gasteiger partial charge in [-0.2, -0.15) is 0 Å². The minimum Gasteiger partial charge on any atom is -0.493 e. The summed E-state index contributed by atoms with van der Waals surface area (Å²) in [5.41, 5.74) is 3.51. The van der Waals surface area contributed by atoms with Gasteiger partial charge >= 0.3 is 0 Å². The first-order chi connectivity index (χ1) is 14.1. The number of nitrogens with one attached hydrogen (secondary N) is 2. The van der Waals surface area contributed by atoms with Crippen molar-refractivity contribution in [2.24, 2.45) is 0 Å². The molecular formula is C22H24N4O3. The molecule has 0 bridgehead atoms. The number of hydrogen-bond acceptors (Lipinski definition) is 6. The lowest BCUT2D eigenvalue weighted by Crippen LogP contribution is -2.24. The summed E-state index contributed by atoms with van der Waals surface area (Å²) in [7, 11) is 3.15. The first-order valence-electron chi connectivity index (χ1n) is 9.21. The molecule has 0 spiro atoms. The Morgan fingerprint density at radius 1 is 0.862 bits per heavy atom. The van der Waals surface area contributed by atoms with Crippen molar-refractivity contribution in [3.8, 4) is 11.5 Å². The highest BCUT2D eigenvalue weighted by molar-refractivity contribution is 5.92. The summed E-state index contributed by atoms with van der Waals surface area (Å²) in [6, 6.07) is 17.1. The highest BCUT2D eigenvalue weighted by atomic mass is 16.5. The van der Waals surface area contributed by atoms with Crippen LogP contribution in [-0.2, 0) is 13.1 Å². The topological polar surface area (TPSA) is 85.4 Å². The van der Waals surface area contributed by atoms with E-state index in [9.17, 15) is 4.79 Å². The van der Waals surface area contributed by atoms with Crippen molar-refractivity contribution < 1.29 is 14.3 Å². The van der Waals surface area contributed by atoms with E-state index in [2.05, 4.69) is 52.0 Å². The molecule has 0 aliphatic rings. The predicted molar refractivity (Wildman–Crippen MR) is 111 cm³/mol. The highest BCUT2D eigenvalue weighted by Crippen LogP contribution is 2.27. The fourth-order valence-electron chi connectivity index (χ4n) is 2.71. The molecule has 0 radical (unpaired) electrons. The summed E-state index contributed by atoms with van der Waals surface area (Å²) in [6.07, 6.45) is 0. The highest BCUT2D eigenvalue weighted by Gasteiger charge is 2.10. The third kappa shape index (κ3) is 5.44. The molecule has 2 N–H and O–H groups in total. The lowest BCUT2D eigenvalue weighted by Gasteiger charge is -2.10. The van der Waals surface area contributed by atoms with Crippen LogP contribution in [0.25, 0.3) is 0 Å². The van der Waals surface area contributed by atoms with Gasteiger partial charge in [0, 0.05) is 13.1 Å². The van der Waals surface area contributed by atoms with Gasteiger partial charge in [-0.1, -0.05) is 35.9 Å². The number of benzene rings is 2. The van der Waals surface area contributed by atoms with Crippen LogP contribution in [0.15, 0.2) is 54.6 Å². The Bertz CT molecular complexity index is 957. The van der Waals surface area contributed by atoms with E-state index in [1.807, 2.05) is 12.1 Å². The van der Waals surface area contributed by atoms with Crippen LogP contribution in [-0.4, -0.2) is 30.3 Å². The third-order valence-corrected chi connectivity index (χ3v) is 4.39. The van der Waals surface area contributed by atoms with E-state index in [0.717, 1.165) is 11.1 Å². The Labute approximate surface area is 170 Å². The average Bonchev–Trinajstić information content (AvgIpc) is 2.77. The Kier molecular flexibility index (Phi) is 6.63. The van der Waals surface area contributed by atoms with Gasteiger partial charge in [0.1, 0.15) is 5.82 Å². The largest absolute Gasteiger partial charge is 0.493 e. The number of rotatable bonds is 8. The number of methoxy groups -OCH3 is 2. The summed E-state index contributed by atoms with van der Waals surface area (Å²) in [5, 5.41) is 14.1. The zero-order valence-corrected chi connectivity index (χ0v) is 16.7. The van der Waals surface area contributed by atoms with Gasteiger partial charge in [0.2, 0.25) is 0 Å². The van der Waals surface area contributed by atoms with E-state index < -0.39 is 0 Å². The molecule has 1 amide bonds. The van der Waals surface area contributed by atoms with Gasteiger partial charge in [-0.25, -0.2) is 0 Å². The van der Waals surface area contributed by atoms with Gasteiger partial charge in [0.05, 0.1) is 14.2 Å². The molecule has 3 aromatic rings. The number of carbonyl (C=O) groups is 1. The van der Waals surface area contributed by atoms with Crippen LogP contribution < -0.4 is 20.1 Å². The fourth-order valence-corrected chi connectivity index (χ4v) is 2.71. The minimum atomic E-state index is -0.294. The van der Waals surface area contributed by atoms with E-state index in [-0.39, 0.29) is 11.6 Å². The average molecular weight is 392 g/mol. The predicted octanol–water partition coefficient (Wildman–Crippen LogP) is 3.34. The SMILES string of the molecule is COc1ccc(CNC(=O)c2ccc(NCc3ccc(C)cc3)nn2)cc1OC. The number of nitrogens with zero attached hydrogens (tertiary/aromatic N) is 2. The van der Waals surface area contributed by atoms with Gasteiger partial charge in [-0.3, -0.25) is 4.79 Å². The van der Waals surface area contributed by atoms with Crippen molar-refractivity contribution in [2.45, 2.75) is 20.0 Å². The molecule has 0 aliphatic carbocycles. The van der Waals surface area contributed by atoms with Crippen LogP contribution in [0.1, 0.15) is 27.2 Å². The standard InChI is InChI=1S/C22H24N4O3/c1-15-4-6-16(7-5-15)13-23-21-11-9-18(25-26-21)22(27)24-14-17-8-10-19(28-2)20(12-17)29-3/h4-12H,13-14H2,1-3H3,(H,23,26)(H,24,27). The molecule has 29 heavy (non-hydrogen) atoms. The maximum atomic E-state index is 12.3. The number of ether oxygens (including phenoxy) is 2. The zero-order chi connectivity index (χ0) is 20.6. The normalized spacial score (nSPS) is 10.3. The molecule has 1 aromatic heterocycles. The molecule has 1 heterocycles. The van der Waals surface area contributed by atoms with Crippen molar-refractivity contribution in [3.05, 3.63) is 77.0 Å². The smallest absolute Gasteiger partial charge is 0.272 e. The van der Waals surface area contributed by atoms with Crippen LogP contribution in [0.2, 0.25) is 0 Å². The number of anilines is 1. The van der Waals surface area contributed by atoms with E-state index in [1.165, 1.54) is 5.56 Å². The molecule has 7 heteroatoms. The molecule has 0 saturated heterocycles. The second-order valence-corrected chi connectivity index (χ2v) is 6.51. The van der Waals surface area contributed by atoms with Gasteiger partial charge in [0.25, 0.3) is 5.91 Å². The van der Waals surface area contributed by atoms with Crippen molar-refractivity contribution in [1.29, 1.82) is 0 Å². The van der Waals surface area contributed by atoms with Gasteiger partial charge in [-0.05, 0) is 42.3 Å². The van der Waals surface area contributed by atoms with E-state index >= 15 is 0 Å². The molecule has 150 valence electrons. The Morgan fingerprint density at radius 2 is 1.59 bits per heavy atom. The first-order valence-corrected chi connectivity index (χ1v) is 9.21. The Morgan fingerprint density at radius 3 is 2.24 bits per heavy atom. The van der Waals surface area contributed by atoms with Crippen molar-refractivity contribution in [3.63, 3.8) is 0 Å². The minimum absolute atomic E-state index is 0.256. The number of carbonyl (C=O) groups excluding carboxylic acids is 1. The van der Waals surface area contributed by atoms with Gasteiger partial charge in [-0.15, -0.1) is 10.2 Å². The summed E-state index contributed by atoms with van der Waals surface area (Å²) in [4.78, 5) is 12.3. The van der Waals surface area contributed by atoms with Crippen molar-refractivity contribution in [1.82, 2.24) is 15.5 Å². The molecule has 0 aliphatic heterocycles. The molecule has 0 atom stereocenters. The first kappa shape index (κ1) is 20.1. The maximum Gasteiger partial charge on any atom is 0.272 e. The molecule has 0 saturated carbocycles. The summed E-state index contributed by atoms with van der Waals surface area (Å²) >= 11 is 0. The van der Waals surface area contributed by atoms with E-state index in [0.29, 0.717) is 30.4 Å². The van der Waals surface area contributed by atoms with Crippen LogP contribution in [0, 0.1) is 6.92 Å². The van der Waals surface area contributed by atoms with E-state index in [1.54, 1.807) is 32.4 Å². The Hall–Kier alpha value is -3.61. The van der Waals surface area contributed by atoms with E-state index in [4.69, 9.17) is 9.47 Å². The fraction of sp³-hybridized carbons (Fsp3) is 0.227. The zero-order valence-electron chi connectivity index (χ0n) is 16.7. The molecule has 0 fully saturated rings. The quantitative estimate of drug-likeness (QED) is 0.612. The number of aryl methyl sites for hydroxylation is 1. The lowest BCUT2D eigenvalue weighted by molar-refractivity contribution is 0.0945. The lowest BCUT2D eigenvalue weighted by atomic mass is 10.1. The second kappa shape index (κ2) is 9.54. The Balaban J connectivity index is 1.54. The molecule has 2 aromatic carbocycles. The molecule has 0 unspecified atom stereocenters. The molecule has 3 rings (SSSR count). The summed E-state index contributed by atoms with van der Waals surface area (Å²) in [5.74, 6) is 1.57. The third-order valence-electron chi connectivity index (χ3n) is 4.39. The van der Waals surface area contributed by atoms with Crippen LogP contribution >= 0.6 is 0 Å². The van der Waals surface area contributed by atoms with Crippen molar-refractivity contribution in [2.75, 3.05) is 19.5 Å². The molecule has 7 nitrogen and oxygen atoms in total. The number of aromatic nitrogens is 2. The monoisotopic (exact) mass is 392 g/mol. The molecular weight excluding hydrogens is 368 g/mol. The van der Waals surface area contributed by atoms with Crippen LogP contribution in [0.5, 0.6) is 11.5 Å². The van der Waals surface area contributed by atoms with Crippen LogP contribution in [0.4, 0.5) is 5.82 Å². The summed E-state index contributed by atoms with van der Waals surface area (Å²) in [6.45, 7) is 3.03. The summed E-state index contributed by atoms with van der Waals surface area (Å²) < 4.78 is 10.5. The van der Waals surface area contributed by atoms with Crippen LogP contribution in [0.3, 0.4) is 0 Å². The number of amides is 1. The number of hydrogen-bond donors (Lipinski definition) is 2.